The van der Waals surface area contributed by atoms with Crippen LogP contribution in [0.25, 0.3) is 0 Å². The molecule has 6 heteroatoms. The number of hydrogen-bond donors (Lipinski definition) is 2. The van der Waals surface area contributed by atoms with Crippen molar-refractivity contribution in [3.63, 3.8) is 0 Å². The van der Waals surface area contributed by atoms with Crippen LogP contribution in [-0.2, 0) is 0 Å². The monoisotopic (exact) mass is 263 g/mol. The van der Waals surface area contributed by atoms with Crippen molar-refractivity contribution in [1.29, 1.82) is 0 Å². The molecular formula is C13H21N5O. The number of aromatic nitrogens is 1. The van der Waals surface area contributed by atoms with Gasteiger partial charge in [-0.2, -0.15) is 0 Å². The fourth-order valence-electron chi connectivity index (χ4n) is 2.30. The van der Waals surface area contributed by atoms with E-state index in [1.165, 1.54) is 12.8 Å². The van der Waals surface area contributed by atoms with Crippen molar-refractivity contribution in [2.75, 3.05) is 38.7 Å². The van der Waals surface area contributed by atoms with Gasteiger partial charge in [-0.15, -0.1) is 0 Å². The van der Waals surface area contributed by atoms with Crippen molar-refractivity contribution in [3.05, 3.63) is 24.0 Å². The van der Waals surface area contributed by atoms with E-state index in [0.717, 1.165) is 26.2 Å². The minimum atomic E-state index is -0.0553. The number of nitrogens with zero attached hydrogens (tertiary/aromatic N) is 3. The van der Waals surface area contributed by atoms with Crippen LogP contribution >= 0.6 is 0 Å². The molecule has 19 heavy (non-hydrogen) atoms. The van der Waals surface area contributed by atoms with E-state index in [0.29, 0.717) is 11.3 Å². The molecule has 0 spiro atoms. The third kappa shape index (κ3) is 3.42. The summed E-state index contributed by atoms with van der Waals surface area (Å²) < 4.78 is 0. The summed E-state index contributed by atoms with van der Waals surface area (Å²) in [5, 5.41) is 0. The third-order valence-electron chi connectivity index (χ3n) is 3.50. The number of nitrogen functional groups attached to an aromatic ring is 1. The van der Waals surface area contributed by atoms with E-state index in [1.54, 1.807) is 23.4 Å². The lowest BCUT2D eigenvalue weighted by molar-refractivity contribution is 0.0783. The zero-order valence-corrected chi connectivity index (χ0v) is 11.3. The standard InChI is InChI=1S/C13H21N5O/c1-17(8-9-18-6-2-3-7-18)13(19)11-10-15-5-4-12(11)16-14/h4-5,10H,2-3,6-9,14H2,1H3,(H,15,16). The predicted octanol–water partition coefficient (Wildman–Crippen LogP) is 0.535. The van der Waals surface area contributed by atoms with E-state index >= 15 is 0 Å². The van der Waals surface area contributed by atoms with E-state index < -0.39 is 0 Å². The second-order valence-electron chi connectivity index (χ2n) is 4.84. The smallest absolute Gasteiger partial charge is 0.257 e. The lowest BCUT2D eigenvalue weighted by Gasteiger charge is -2.22. The number of likely N-dealkylation sites (tertiary alicyclic amines) is 1. The molecule has 0 bridgehead atoms. The molecule has 6 nitrogen and oxygen atoms in total. The lowest BCUT2D eigenvalue weighted by atomic mass is 10.2. The number of rotatable bonds is 5. The topological polar surface area (TPSA) is 74.5 Å². The molecular weight excluding hydrogens is 242 g/mol. The van der Waals surface area contributed by atoms with Crippen LogP contribution < -0.4 is 11.3 Å². The highest BCUT2D eigenvalue weighted by atomic mass is 16.2. The molecule has 0 aromatic carbocycles. The zero-order valence-electron chi connectivity index (χ0n) is 11.3. The number of carbonyl (C=O) groups is 1. The first-order valence-corrected chi connectivity index (χ1v) is 6.61. The summed E-state index contributed by atoms with van der Waals surface area (Å²) in [7, 11) is 1.81. The van der Waals surface area contributed by atoms with Crippen molar-refractivity contribution in [2.45, 2.75) is 12.8 Å². The molecule has 3 N–H and O–H groups in total. The summed E-state index contributed by atoms with van der Waals surface area (Å²) in [4.78, 5) is 20.4. The predicted molar refractivity (Wildman–Crippen MR) is 74.7 cm³/mol. The molecule has 1 amide bonds. The molecule has 0 atom stereocenters. The van der Waals surface area contributed by atoms with Gasteiger partial charge in [0.2, 0.25) is 0 Å². The zero-order chi connectivity index (χ0) is 13.7. The van der Waals surface area contributed by atoms with Crippen LogP contribution in [0.2, 0.25) is 0 Å². The number of carbonyl (C=O) groups excluding carboxylic acids is 1. The molecule has 2 heterocycles. The van der Waals surface area contributed by atoms with Crippen molar-refractivity contribution in [2.24, 2.45) is 5.84 Å². The normalized spacial score (nSPS) is 15.5. The molecule has 1 fully saturated rings. The molecule has 104 valence electrons. The minimum absolute atomic E-state index is 0.0553. The number of hydrogen-bond acceptors (Lipinski definition) is 5. The molecule has 2 rings (SSSR count). The SMILES string of the molecule is CN(CCN1CCCC1)C(=O)c1cnccc1NN. The summed E-state index contributed by atoms with van der Waals surface area (Å²) in [6.45, 7) is 3.93. The van der Waals surface area contributed by atoms with E-state index in [1.807, 2.05) is 7.05 Å². The van der Waals surface area contributed by atoms with Crippen LogP contribution in [0.3, 0.4) is 0 Å². The van der Waals surface area contributed by atoms with Gasteiger partial charge in [0.1, 0.15) is 0 Å². The third-order valence-corrected chi connectivity index (χ3v) is 3.50. The highest BCUT2D eigenvalue weighted by Gasteiger charge is 2.17. The Labute approximate surface area is 113 Å². The molecule has 0 unspecified atom stereocenters. The average Bonchev–Trinajstić information content (AvgIpc) is 2.97. The number of nitrogens with two attached hydrogens (primary N) is 1. The Hall–Kier alpha value is -1.66. The summed E-state index contributed by atoms with van der Waals surface area (Å²) in [5.41, 5.74) is 3.64. The first-order chi connectivity index (χ1) is 9.22. The van der Waals surface area contributed by atoms with Crippen LogP contribution in [0.15, 0.2) is 18.5 Å². The largest absolute Gasteiger partial charge is 0.340 e. The number of nitrogens with one attached hydrogen (secondary N) is 1. The second-order valence-corrected chi connectivity index (χ2v) is 4.84. The second kappa shape index (κ2) is 6.49. The van der Waals surface area contributed by atoms with Gasteiger partial charge in [0.25, 0.3) is 5.91 Å². The van der Waals surface area contributed by atoms with E-state index in [2.05, 4.69) is 15.3 Å². The molecule has 1 aliphatic rings. The van der Waals surface area contributed by atoms with Gasteiger partial charge in [0, 0.05) is 32.5 Å². The van der Waals surface area contributed by atoms with Gasteiger partial charge in [-0.05, 0) is 32.0 Å². The van der Waals surface area contributed by atoms with Gasteiger partial charge in [-0.1, -0.05) is 0 Å². The fraction of sp³-hybridized carbons (Fsp3) is 0.538. The Morgan fingerprint density at radius 1 is 1.53 bits per heavy atom. The highest BCUT2D eigenvalue weighted by molar-refractivity contribution is 5.99. The molecule has 1 aromatic heterocycles. The first-order valence-electron chi connectivity index (χ1n) is 6.61. The quantitative estimate of drug-likeness (QED) is 0.599. The summed E-state index contributed by atoms with van der Waals surface area (Å²) in [6.07, 6.45) is 5.68. The van der Waals surface area contributed by atoms with Gasteiger partial charge >= 0.3 is 0 Å². The molecule has 1 aliphatic heterocycles. The van der Waals surface area contributed by atoms with Crippen LogP contribution in [0, 0.1) is 0 Å². The number of pyridine rings is 1. The maximum absolute atomic E-state index is 12.3. The Bertz CT molecular complexity index is 431. The molecule has 1 saturated heterocycles. The number of anilines is 1. The fourth-order valence-corrected chi connectivity index (χ4v) is 2.30. The average molecular weight is 263 g/mol. The highest BCUT2D eigenvalue weighted by Crippen LogP contribution is 2.14. The van der Waals surface area contributed by atoms with Crippen molar-refractivity contribution < 1.29 is 4.79 Å². The van der Waals surface area contributed by atoms with Crippen molar-refractivity contribution in [3.8, 4) is 0 Å². The Balaban J connectivity index is 1.94. The van der Waals surface area contributed by atoms with Gasteiger partial charge in [-0.25, -0.2) is 0 Å². The van der Waals surface area contributed by atoms with Gasteiger partial charge in [0.15, 0.2) is 0 Å². The maximum atomic E-state index is 12.3. The number of likely N-dealkylation sites (N-methyl/N-ethyl adjacent to an activating group) is 1. The van der Waals surface area contributed by atoms with Crippen LogP contribution in [0.4, 0.5) is 5.69 Å². The summed E-state index contributed by atoms with van der Waals surface area (Å²) in [5.74, 6) is 5.35. The minimum Gasteiger partial charge on any atom is -0.340 e. The molecule has 0 radical (unpaired) electrons. The van der Waals surface area contributed by atoms with E-state index in [9.17, 15) is 4.79 Å². The van der Waals surface area contributed by atoms with Crippen LogP contribution in [0.5, 0.6) is 0 Å². The maximum Gasteiger partial charge on any atom is 0.257 e. The number of amides is 1. The van der Waals surface area contributed by atoms with E-state index in [4.69, 9.17) is 5.84 Å². The van der Waals surface area contributed by atoms with Crippen LogP contribution in [0.1, 0.15) is 23.2 Å². The summed E-state index contributed by atoms with van der Waals surface area (Å²) in [6, 6.07) is 1.70. The van der Waals surface area contributed by atoms with Crippen LogP contribution in [-0.4, -0.2) is 53.9 Å². The lowest BCUT2D eigenvalue weighted by Crippen LogP contribution is -2.35. The Morgan fingerprint density at radius 3 is 2.95 bits per heavy atom. The first kappa shape index (κ1) is 13.8. The number of hydrazine groups is 1. The Kier molecular flexibility index (Phi) is 4.70. The van der Waals surface area contributed by atoms with E-state index in [-0.39, 0.29) is 5.91 Å². The Morgan fingerprint density at radius 2 is 2.26 bits per heavy atom. The molecule has 0 aliphatic carbocycles. The summed E-state index contributed by atoms with van der Waals surface area (Å²) >= 11 is 0. The van der Waals surface area contributed by atoms with Crippen molar-refractivity contribution >= 4 is 11.6 Å². The van der Waals surface area contributed by atoms with Gasteiger partial charge in [-0.3, -0.25) is 15.6 Å². The molecule has 0 saturated carbocycles. The van der Waals surface area contributed by atoms with Gasteiger partial charge < -0.3 is 15.2 Å². The van der Waals surface area contributed by atoms with Gasteiger partial charge in [0.05, 0.1) is 11.3 Å². The molecule has 1 aromatic rings. The van der Waals surface area contributed by atoms with Crippen molar-refractivity contribution in [1.82, 2.24) is 14.8 Å².